The average Bonchev–Trinajstić information content (AvgIpc) is 3.03. The summed E-state index contributed by atoms with van der Waals surface area (Å²) in [7, 11) is 0. The molecule has 2 aromatic carbocycles. The second-order valence-electron chi connectivity index (χ2n) is 5.99. The summed E-state index contributed by atoms with van der Waals surface area (Å²) in [5, 5.41) is 10.8. The number of allylic oxidation sites excluding steroid dienone is 1. The van der Waals surface area contributed by atoms with Crippen molar-refractivity contribution in [1.82, 2.24) is 9.55 Å². The van der Waals surface area contributed by atoms with E-state index in [1.54, 1.807) is 12.3 Å². The zero-order chi connectivity index (χ0) is 18.3. The van der Waals surface area contributed by atoms with E-state index in [0.29, 0.717) is 5.69 Å². The van der Waals surface area contributed by atoms with Crippen molar-refractivity contribution in [2.45, 2.75) is 6.92 Å². The van der Waals surface area contributed by atoms with Crippen LogP contribution in [0.4, 0.5) is 5.69 Å². The van der Waals surface area contributed by atoms with Crippen molar-refractivity contribution in [1.29, 1.82) is 0 Å². The number of aryl methyl sites for hydroxylation is 1. The molecule has 6 heteroatoms. The summed E-state index contributed by atoms with van der Waals surface area (Å²) in [6, 6.07) is 15.2. The Labute approximate surface area is 154 Å². The third-order valence-corrected chi connectivity index (χ3v) is 4.62. The molecule has 3 aromatic rings. The molecule has 0 unspecified atom stereocenters. The minimum absolute atomic E-state index is 0.139. The summed E-state index contributed by atoms with van der Waals surface area (Å²) in [5.41, 5.74) is 3.85. The molecule has 0 amide bonds. The Morgan fingerprint density at radius 2 is 1.88 bits per heavy atom. The Kier molecular flexibility index (Phi) is 3.89. The van der Waals surface area contributed by atoms with E-state index >= 15 is 0 Å². The van der Waals surface area contributed by atoms with Gasteiger partial charge in [0, 0.05) is 17.4 Å². The van der Waals surface area contributed by atoms with Gasteiger partial charge < -0.3 is 5.11 Å². The van der Waals surface area contributed by atoms with Crippen LogP contribution in [0.1, 0.15) is 16.7 Å². The van der Waals surface area contributed by atoms with Crippen molar-refractivity contribution in [2.24, 2.45) is 4.99 Å². The van der Waals surface area contributed by atoms with E-state index in [0.717, 1.165) is 22.4 Å². The lowest BCUT2D eigenvalue weighted by atomic mass is 10.1. The normalized spacial score (nSPS) is 14.0. The molecular formula is C20H15N3O2S. The molecule has 1 aliphatic heterocycles. The minimum Gasteiger partial charge on any atom is -0.494 e. The lowest BCUT2D eigenvalue weighted by molar-refractivity contribution is 0.431. The molecule has 1 aliphatic rings. The molecule has 128 valence electrons. The fourth-order valence-electron chi connectivity index (χ4n) is 3.02. The number of rotatable bonds is 2. The van der Waals surface area contributed by atoms with Gasteiger partial charge in [-0.05, 0) is 42.9 Å². The molecule has 5 nitrogen and oxygen atoms in total. The molecule has 0 bridgehead atoms. The van der Waals surface area contributed by atoms with Crippen molar-refractivity contribution >= 4 is 35.8 Å². The van der Waals surface area contributed by atoms with Crippen molar-refractivity contribution in [3.63, 3.8) is 0 Å². The number of hydrogen-bond donors (Lipinski definition) is 2. The fourth-order valence-corrected chi connectivity index (χ4v) is 3.29. The molecule has 2 N–H and O–H groups in total. The second-order valence-corrected chi connectivity index (χ2v) is 6.38. The number of H-pyrrole nitrogens is 1. The predicted molar refractivity (Wildman–Crippen MR) is 106 cm³/mol. The highest BCUT2D eigenvalue weighted by Crippen LogP contribution is 2.33. The monoisotopic (exact) mass is 361 g/mol. The fraction of sp³-hybridized carbons (Fsp3) is 0.0500. The van der Waals surface area contributed by atoms with Gasteiger partial charge in [-0.15, -0.1) is 0 Å². The van der Waals surface area contributed by atoms with Gasteiger partial charge in [-0.1, -0.05) is 36.4 Å². The largest absolute Gasteiger partial charge is 0.494 e. The first kappa shape index (κ1) is 16.2. The number of para-hydroxylation sites is 2. The van der Waals surface area contributed by atoms with Crippen LogP contribution in [0.15, 0.2) is 58.3 Å². The van der Waals surface area contributed by atoms with Crippen molar-refractivity contribution in [2.75, 3.05) is 0 Å². The van der Waals surface area contributed by atoms with Crippen LogP contribution in [0.3, 0.4) is 0 Å². The standard InChI is InChI=1S/C20H15N3O2S/c1-12-6-2-5-9-17(12)23-19(25)15(18(24)22-20(23)26)10-13-11-21-16-8-4-3-7-14(13)16/h2-11,25H,1H3,(H,22,24,26)/b13-10-. The van der Waals surface area contributed by atoms with Crippen LogP contribution in [0.2, 0.25) is 0 Å². The quantitative estimate of drug-likeness (QED) is 0.673. The van der Waals surface area contributed by atoms with Gasteiger partial charge in [-0.3, -0.25) is 19.3 Å². The van der Waals surface area contributed by atoms with Crippen molar-refractivity contribution in [3.8, 4) is 11.6 Å². The van der Waals surface area contributed by atoms with Gasteiger partial charge in [0.25, 0.3) is 5.56 Å². The molecule has 0 saturated carbocycles. The van der Waals surface area contributed by atoms with Gasteiger partial charge >= 0.3 is 0 Å². The first-order chi connectivity index (χ1) is 12.6. The van der Waals surface area contributed by atoms with Crippen molar-refractivity contribution < 1.29 is 5.11 Å². The minimum atomic E-state index is -0.442. The molecule has 0 radical (unpaired) electrons. The number of aromatic hydroxyl groups is 1. The van der Waals surface area contributed by atoms with Crippen LogP contribution >= 0.6 is 12.2 Å². The zero-order valence-electron chi connectivity index (χ0n) is 13.9. The van der Waals surface area contributed by atoms with E-state index < -0.39 is 5.56 Å². The number of fused-ring (bicyclic) bond motifs is 1. The Balaban J connectivity index is 1.95. The molecule has 0 aliphatic carbocycles. The molecule has 0 fully saturated rings. The molecular weight excluding hydrogens is 346 g/mol. The zero-order valence-corrected chi connectivity index (χ0v) is 14.7. The van der Waals surface area contributed by atoms with Gasteiger partial charge in [0.15, 0.2) is 4.77 Å². The Morgan fingerprint density at radius 1 is 1.15 bits per heavy atom. The van der Waals surface area contributed by atoms with Crippen LogP contribution in [0.5, 0.6) is 5.88 Å². The number of aromatic nitrogens is 2. The van der Waals surface area contributed by atoms with Gasteiger partial charge in [-0.2, -0.15) is 0 Å². The summed E-state index contributed by atoms with van der Waals surface area (Å²) in [6.45, 7) is 1.92. The maximum atomic E-state index is 12.4. The Hall–Kier alpha value is -3.25. The number of hydrogen-bond acceptors (Lipinski definition) is 4. The van der Waals surface area contributed by atoms with E-state index in [1.807, 2.05) is 55.5 Å². The average molecular weight is 361 g/mol. The Morgan fingerprint density at radius 3 is 2.69 bits per heavy atom. The molecule has 0 saturated heterocycles. The lowest BCUT2D eigenvalue weighted by Gasteiger charge is -2.13. The summed E-state index contributed by atoms with van der Waals surface area (Å²) in [5.74, 6) is -0.196. The highest BCUT2D eigenvalue weighted by molar-refractivity contribution is 7.71. The number of benzene rings is 2. The summed E-state index contributed by atoms with van der Waals surface area (Å²) < 4.78 is 1.61. The van der Waals surface area contributed by atoms with Gasteiger partial charge in [0.05, 0.1) is 11.4 Å². The first-order valence-corrected chi connectivity index (χ1v) is 8.46. The highest BCUT2D eigenvalue weighted by atomic mass is 32.1. The molecule has 26 heavy (non-hydrogen) atoms. The summed E-state index contributed by atoms with van der Waals surface area (Å²) in [6.07, 6.45) is 3.32. The number of nitrogens with zero attached hydrogens (tertiary/aromatic N) is 2. The lowest BCUT2D eigenvalue weighted by Crippen LogP contribution is -2.16. The second kappa shape index (κ2) is 6.24. The summed E-state index contributed by atoms with van der Waals surface area (Å²) in [4.78, 5) is 19.4. The maximum Gasteiger partial charge on any atom is 0.262 e. The predicted octanol–water partition coefficient (Wildman–Crippen LogP) is 4.17. The van der Waals surface area contributed by atoms with E-state index in [-0.39, 0.29) is 16.2 Å². The van der Waals surface area contributed by atoms with Crippen molar-refractivity contribution in [3.05, 3.63) is 80.3 Å². The van der Waals surface area contributed by atoms with Gasteiger partial charge in [0.1, 0.15) is 5.56 Å². The van der Waals surface area contributed by atoms with Crippen LogP contribution in [0.25, 0.3) is 17.3 Å². The number of aliphatic imine (C=N–C) groups is 1. The summed E-state index contributed by atoms with van der Waals surface area (Å²) >= 11 is 5.27. The number of nitrogens with one attached hydrogen (secondary N) is 1. The van der Waals surface area contributed by atoms with E-state index in [4.69, 9.17) is 12.2 Å². The molecule has 0 spiro atoms. The SMILES string of the molecule is Cc1ccccc1-n1c(O)c(/C=C2/C=Nc3ccccc32)c(=O)[nH]c1=S. The van der Waals surface area contributed by atoms with Crippen LogP contribution in [0, 0.1) is 11.7 Å². The third-order valence-electron chi connectivity index (χ3n) is 4.33. The van der Waals surface area contributed by atoms with E-state index in [2.05, 4.69) is 9.98 Å². The maximum absolute atomic E-state index is 12.4. The first-order valence-electron chi connectivity index (χ1n) is 8.06. The van der Waals surface area contributed by atoms with Crippen LogP contribution in [-0.2, 0) is 0 Å². The molecule has 1 aromatic heterocycles. The van der Waals surface area contributed by atoms with E-state index in [1.165, 1.54) is 4.57 Å². The molecule has 2 heterocycles. The molecule has 0 atom stereocenters. The highest BCUT2D eigenvalue weighted by Gasteiger charge is 2.17. The smallest absolute Gasteiger partial charge is 0.262 e. The number of aromatic amines is 1. The third kappa shape index (κ3) is 2.60. The Bertz CT molecular complexity index is 1200. The van der Waals surface area contributed by atoms with Gasteiger partial charge in [0.2, 0.25) is 5.88 Å². The van der Waals surface area contributed by atoms with Crippen LogP contribution < -0.4 is 5.56 Å². The topological polar surface area (TPSA) is 70.4 Å². The van der Waals surface area contributed by atoms with Crippen LogP contribution in [-0.4, -0.2) is 20.9 Å². The molecule has 4 rings (SSSR count). The van der Waals surface area contributed by atoms with E-state index in [9.17, 15) is 9.90 Å². The van der Waals surface area contributed by atoms with Gasteiger partial charge in [-0.25, -0.2) is 0 Å².